The summed E-state index contributed by atoms with van der Waals surface area (Å²) in [6, 6.07) is 3.73. The lowest BCUT2D eigenvalue weighted by Crippen LogP contribution is -2.46. The minimum atomic E-state index is -0.759. The number of carbonyl (C=O) groups is 1. The summed E-state index contributed by atoms with van der Waals surface area (Å²) in [7, 11) is -0.759. The van der Waals surface area contributed by atoms with Crippen molar-refractivity contribution in [3.8, 4) is 0 Å². The second-order valence-electron chi connectivity index (χ2n) is 5.38. The molecule has 21 heavy (non-hydrogen) atoms. The third kappa shape index (κ3) is 5.19. The van der Waals surface area contributed by atoms with E-state index in [4.69, 9.17) is 4.42 Å². The van der Waals surface area contributed by atoms with Crippen LogP contribution in [-0.4, -0.2) is 33.8 Å². The molecule has 5 nitrogen and oxygen atoms in total. The molecule has 3 unspecified atom stereocenters. The van der Waals surface area contributed by atoms with Gasteiger partial charge in [0, 0.05) is 40.8 Å². The highest BCUT2D eigenvalue weighted by Crippen LogP contribution is 2.22. The molecule has 3 atom stereocenters. The van der Waals surface area contributed by atoms with E-state index in [1.165, 1.54) is 0 Å². The van der Waals surface area contributed by atoms with Crippen molar-refractivity contribution >= 4 is 16.8 Å². The second kappa shape index (κ2) is 8.22. The average Bonchev–Trinajstić information content (AvgIpc) is 3.00. The Morgan fingerprint density at radius 3 is 3.05 bits per heavy atom. The Morgan fingerprint density at radius 1 is 1.48 bits per heavy atom. The Hall–Kier alpha value is -1.30. The van der Waals surface area contributed by atoms with Crippen molar-refractivity contribution < 1.29 is 13.4 Å². The van der Waals surface area contributed by atoms with Crippen LogP contribution in [0.5, 0.6) is 0 Å². The zero-order valence-electron chi connectivity index (χ0n) is 12.5. The van der Waals surface area contributed by atoms with E-state index in [2.05, 4.69) is 10.6 Å². The van der Waals surface area contributed by atoms with E-state index < -0.39 is 10.8 Å². The van der Waals surface area contributed by atoms with Crippen LogP contribution >= 0.6 is 0 Å². The lowest BCUT2D eigenvalue weighted by molar-refractivity contribution is 0.233. The smallest absolute Gasteiger partial charge is 0.315 e. The first-order valence-corrected chi connectivity index (χ1v) is 9.01. The normalized spacial score (nSPS) is 23.5. The summed E-state index contributed by atoms with van der Waals surface area (Å²) in [5.41, 5.74) is 0. The zero-order valence-corrected chi connectivity index (χ0v) is 13.3. The van der Waals surface area contributed by atoms with E-state index in [-0.39, 0.29) is 17.3 Å². The first kappa shape index (κ1) is 16.1. The molecule has 2 amide bonds. The fraction of sp³-hybridized carbons (Fsp3) is 0.667. The lowest BCUT2D eigenvalue weighted by atomic mass is 9.95. The van der Waals surface area contributed by atoms with Gasteiger partial charge in [-0.05, 0) is 31.4 Å². The molecular weight excluding hydrogens is 288 g/mol. The standard InChI is InChI=1S/C15H24N2O3S/c1-2-21(19)14-7-3-5-12(11-14)17-15(18)16-9-8-13-6-4-10-20-13/h4,6,10,12,14H,2-3,5,7-9,11H2,1H3,(H2,16,17,18). The first-order valence-electron chi connectivity index (χ1n) is 7.63. The Morgan fingerprint density at radius 2 is 2.33 bits per heavy atom. The number of nitrogens with one attached hydrogen (secondary N) is 2. The highest BCUT2D eigenvalue weighted by molar-refractivity contribution is 7.85. The van der Waals surface area contributed by atoms with Gasteiger partial charge in [0.25, 0.3) is 0 Å². The van der Waals surface area contributed by atoms with Crippen molar-refractivity contribution in [2.75, 3.05) is 12.3 Å². The third-order valence-corrected chi connectivity index (χ3v) is 5.60. The van der Waals surface area contributed by atoms with Crippen molar-refractivity contribution in [1.82, 2.24) is 10.6 Å². The molecule has 6 heteroatoms. The number of furan rings is 1. The largest absolute Gasteiger partial charge is 0.469 e. The molecule has 0 radical (unpaired) electrons. The van der Waals surface area contributed by atoms with E-state index >= 15 is 0 Å². The fourth-order valence-electron chi connectivity index (χ4n) is 2.74. The summed E-state index contributed by atoms with van der Waals surface area (Å²) in [5, 5.41) is 6.07. The Kier molecular flexibility index (Phi) is 6.29. The molecule has 0 spiro atoms. The Bertz CT molecular complexity index is 461. The molecule has 1 aromatic heterocycles. The molecule has 1 saturated carbocycles. The summed E-state index contributed by atoms with van der Waals surface area (Å²) >= 11 is 0. The van der Waals surface area contributed by atoms with Crippen LogP contribution in [0.25, 0.3) is 0 Å². The molecule has 0 saturated heterocycles. The molecule has 2 N–H and O–H groups in total. The SMILES string of the molecule is CCS(=O)C1CCCC(NC(=O)NCCc2ccco2)C1. The molecule has 1 fully saturated rings. The summed E-state index contributed by atoms with van der Waals surface area (Å²) in [6.07, 6.45) is 6.17. The minimum Gasteiger partial charge on any atom is -0.469 e. The molecule has 0 bridgehead atoms. The van der Waals surface area contributed by atoms with E-state index in [0.29, 0.717) is 18.7 Å². The van der Waals surface area contributed by atoms with Crippen LogP contribution in [0.15, 0.2) is 22.8 Å². The molecule has 0 aliphatic heterocycles. The second-order valence-corrected chi connectivity index (χ2v) is 7.39. The maximum atomic E-state index is 11.9. The molecule has 2 rings (SSSR count). The number of carbonyl (C=O) groups excluding carboxylic acids is 1. The average molecular weight is 312 g/mol. The van der Waals surface area contributed by atoms with Crippen LogP contribution in [-0.2, 0) is 17.2 Å². The van der Waals surface area contributed by atoms with Crippen LogP contribution in [0, 0.1) is 0 Å². The zero-order chi connectivity index (χ0) is 15.1. The predicted molar refractivity (Wildman–Crippen MR) is 83.7 cm³/mol. The van der Waals surface area contributed by atoms with E-state index in [9.17, 15) is 9.00 Å². The fourth-order valence-corrected chi connectivity index (χ4v) is 4.09. The van der Waals surface area contributed by atoms with Crippen molar-refractivity contribution in [3.05, 3.63) is 24.2 Å². The summed E-state index contributed by atoms with van der Waals surface area (Å²) in [4.78, 5) is 11.9. The van der Waals surface area contributed by atoms with E-state index in [1.807, 2.05) is 19.1 Å². The van der Waals surface area contributed by atoms with Crippen LogP contribution in [0.3, 0.4) is 0 Å². The van der Waals surface area contributed by atoms with Crippen molar-refractivity contribution in [3.63, 3.8) is 0 Å². The van der Waals surface area contributed by atoms with Gasteiger partial charge in [-0.1, -0.05) is 13.3 Å². The minimum absolute atomic E-state index is 0.142. The van der Waals surface area contributed by atoms with Gasteiger partial charge in [-0.3, -0.25) is 4.21 Å². The molecule has 1 heterocycles. The summed E-state index contributed by atoms with van der Waals surface area (Å²) < 4.78 is 17.1. The number of amides is 2. The van der Waals surface area contributed by atoms with Gasteiger partial charge in [-0.2, -0.15) is 0 Å². The topological polar surface area (TPSA) is 71.3 Å². The van der Waals surface area contributed by atoms with Crippen LogP contribution in [0.4, 0.5) is 4.79 Å². The van der Waals surface area contributed by atoms with Gasteiger partial charge in [0.15, 0.2) is 0 Å². The van der Waals surface area contributed by atoms with Gasteiger partial charge in [0.2, 0.25) is 0 Å². The van der Waals surface area contributed by atoms with Crippen molar-refractivity contribution in [2.45, 2.75) is 50.3 Å². The number of hydrogen-bond donors (Lipinski definition) is 2. The molecule has 1 aliphatic carbocycles. The van der Waals surface area contributed by atoms with Gasteiger partial charge in [-0.25, -0.2) is 4.79 Å². The molecular formula is C15H24N2O3S. The van der Waals surface area contributed by atoms with E-state index in [1.54, 1.807) is 6.26 Å². The van der Waals surface area contributed by atoms with Gasteiger partial charge < -0.3 is 15.1 Å². The lowest BCUT2D eigenvalue weighted by Gasteiger charge is -2.29. The Labute approximate surface area is 128 Å². The molecule has 0 aromatic carbocycles. The highest BCUT2D eigenvalue weighted by atomic mass is 32.2. The monoisotopic (exact) mass is 312 g/mol. The first-order chi connectivity index (χ1) is 10.2. The van der Waals surface area contributed by atoms with Crippen LogP contribution < -0.4 is 10.6 Å². The summed E-state index contributed by atoms with van der Waals surface area (Å²) in [5.74, 6) is 1.57. The Balaban J connectivity index is 1.68. The van der Waals surface area contributed by atoms with Crippen LogP contribution in [0.2, 0.25) is 0 Å². The van der Waals surface area contributed by atoms with Crippen molar-refractivity contribution in [2.24, 2.45) is 0 Å². The maximum Gasteiger partial charge on any atom is 0.315 e. The number of rotatable bonds is 6. The molecule has 118 valence electrons. The quantitative estimate of drug-likeness (QED) is 0.846. The molecule has 1 aliphatic rings. The van der Waals surface area contributed by atoms with E-state index in [0.717, 1.165) is 31.4 Å². The highest BCUT2D eigenvalue weighted by Gasteiger charge is 2.26. The third-order valence-electron chi connectivity index (χ3n) is 3.85. The van der Waals surface area contributed by atoms with Gasteiger partial charge in [0.05, 0.1) is 6.26 Å². The van der Waals surface area contributed by atoms with Crippen molar-refractivity contribution in [1.29, 1.82) is 0 Å². The summed E-state index contributed by atoms with van der Waals surface area (Å²) in [6.45, 7) is 2.50. The predicted octanol–water partition coefficient (Wildman–Crippen LogP) is 2.20. The number of hydrogen-bond acceptors (Lipinski definition) is 3. The maximum absolute atomic E-state index is 11.9. The number of urea groups is 1. The van der Waals surface area contributed by atoms with Gasteiger partial charge >= 0.3 is 6.03 Å². The van der Waals surface area contributed by atoms with Gasteiger partial charge in [0.1, 0.15) is 5.76 Å². The molecule has 1 aromatic rings. The van der Waals surface area contributed by atoms with Gasteiger partial charge in [-0.15, -0.1) is 0 Å². The van der Waals surface area contributed by atoms with Crippen LogP contribution in [0.1, 0.15) is 38.4 Å².